The second-order valence-corrected chi connectivity index (χ2v) is 4.36. The Morgan fingerprint density at radius 2 is 2.24 bits per heavy atom. The maximum atomic E-state index is 5.60. The summed E-state index contributed by atoms with van der Waals surface area (Å²) < 4.78 is 11.0. The number of ether oxygens (including phenoxy) is 1. The van der Waals surface area contributed by atoms with Crippen LogP contribution in [0.25, 0.3) is 0 Å². The molecule has 0 aliphatic rings. The Morgan fingerprint density at radius 1 is 1.41 bits per heavy atom. The van der Waals surface area contributed by atoms with Crippen molar-refractivity contribution in [3.05, 3.63) is 23.7 Å². The van der Waals surface area contributed by atoms with Crippen LogP contribution in [0.1, 0.15) is 24.7 Å². The predicted molar refractivity (Wildman–Crippen MR) is 68.9 cm³/mol. The summed E-state index contributed by atoms with van der Waals surface area (Å²) in [5.41, 5.74) is 1.19. The Hall–Kier alpha value is -0.840. The molecule has 0 fully saturated rings. The first-order chi connectivity index (χ1) is 8.24. The molecule has 1 rings (SSSR count). The topological polar surface area (TPSA) is 37.6 Å². The lowest BCUT2D eigenvalue weighted by atomic mass is 10.2. The lowest BCUT2D eigenvalue weighted by Crippen LogP contribution is -2.15. The minimum Gasteiger partial charge on any atom is -0.467 e. The third kappa shape index (κ3) is 5.86. The van der Waals surface area contributed by atoms with E-state index in [0.717, 1.165) is 38.4 Å². The van der Waals surface area contributed by atoms with Crippen molar-refractivity contribution in [1.29, 1.82) is 0 Å². The van der Waals surface area contributed by atoms with Crippen molar-refractivity contribution in [2.45, 2.75) is 26.5 Å². The van der Waals surface area contributed by atoms with Crippen molar-refractivity contribution in [3.63, 3.8) is 0 Å². The maximum absolute atomic E-state index is 5.60. The summed E-state index contributed by atoms with van der Waals surface area (Å²) in [7, 11) is 4.14. The third-order valence-electron chi connectivity index (χ3n) is 2.53. The van der Waals surface area contributed by atoms with Crippen molar-refractivity contribution in [2.24, 2.45) is 0 Å². The molecule has 0 amide bonds. The van der Waals surface area contributed by atoms with E-state index < -0.39 is 0 Å². The van der Waals surface area contributed by atoms with Crippen LogP contribution in [-0.4, -0.2) is 38.7 Å². The molecule has 0 atom stereocenters. The molecule has 0 unspecified atom stereocenters. The Bertz CT molecular complexity index is 297. The maximum Gasteiger partial charge on any atom is 0.133 e. The fourth-order valence-corrected chi connectivity index (χ4v) is 1.56. The molecule has 1 N–H and O–H groups in total. The van der Waals surface area contributed by atoms with Gasteiger partial charge in [-0.3, -0.25) is 0 Å². The fourth-order valence-electron chi connectivity index (χ4n) is 1.56. The van der Waals surface area contributed by atoms with Crippen LogP contribution < -0.4 is 5.32 Å². The van der Waals surface area contributed by atoms with Crippen LogP contribution in [0.5, 0.6) is 0 Å². The minimum atomic E-state index is 0.571. The van der Waals surface area contributed by atoms with Crippen LogP contribution in [0.2, 0.25) is 0 Å². The number of furan rings is 1. The Kier molecular flexibility index (Phi) is 6.93. The molecule has 0 aromatic carbocycles. The van der Waals surface area contributed by atoms with Gasteiger partial charge in [0.15, 0.2) is 0 Å². The number of hydrogen-bond acceptors (Lipinski definition) is 4. The largest absolute Gasteiger partial charge is 0.467 e. The number of nitrogens with zero attached hydrogens (tertiary/aromatic N) is 1. The zero-order chi connectivity index (χ0) is 12.5. The van der Waals surface area contributed by atoms with Crippen LogP contribution in [0.15, 0.2) is 16.7 Å². The molecule has 1 aromatic heterocycles. The van der Waals surface area contributed by atoms with Crippen LogP contribution >= 0.6 is 0 Å². The van der Waals surface area contributed by atoms with Crippen LogP contribution in [0, 0.1) is 0 Å². The molecule has 0 spiro atoms. The Balaban J connectivity index is 2.19. The number of rotatable bonds is 9. The molecule has 0 radical (unpaired) electrons. The molecule has 1 aromatic rings. The van der Waals surface area contributed by atoms with E-state index in [2.05, 4.69) is 31.2 Å². The standard InChI is InChI=1S/C13H24N2O2/c1-4-14-10-12-6-9-17-13(12)11-16-8-5-7-15(2)3/h6,9,14H,4-5,7-8,10-11H2,1-3H3. The summed E-state index contributed by atoms with van der Waals surface area (Å²) in [5, 5.41) is 3.29. The summed E-state index contributed by atoms with van der Waals surface area (Å²) in [6.45, 7) is 6.32. The van der Waals surface area contributed by atoms with Crippen molar-refractivity contribution in [1.82, 2.24) is 10.2 Å². The highest BCUT2D eigenvalue weighted by Crippen LogP contribution is 2.11. The van der Waals surface area contributed by atoms with Gasteiger partial charge in [0.05, 0.1) is 6.26 Å². The van der Waals surface area contributed by atoms with Crippen LogP contribution in [0.4, 0.5) is 0 Å². The summed E-state index contributed by atoms with van der Waals surface area (Å²) in [6.07, 6.45) is 2.78. The van der Waals surface area contributed by atoms with E-state index in [1.807, 2.05) is 6.07 Å². The van der Waals surface area contributed by atoms with Gasteiger partial charge in [-0.2, -0.15) is 0 Å². The highest BCUT2D eigenvalue weighted by Gasteiger charge is 2.05. The SMILES string of the molecule is CCNCc1ccoc1COCCCN(C)C. The quantitative estimate of drug-likeness (QED) is 0.669. The fraction of sp³-hybridized carbons (Fsp3) is 0.692. The molecule has 4 heteroatoms. The van der Waals surface area contributed by atoms with Crippen LogP contribution in [-0.2, 0) is 17.9 Å². The van der Waals surface area contributed by atoms with Crippen molar-refractivity contribution < 1.29 is 9.15 Å². The van der Waals surface area contributed by atoms with Gasteiger partial charge < -0.3 is 19.4 Å². The molecular formula is C13H24N2O2. The van der Waals surface area contributed by atoms with Gasteiger partial charge >= 0.3 is 0 Å². The van der Waals surface area contributed by atoms with Gasteiger partial charge in [-0.15, -0.1) is 0 Å². The van der Waals surface area contributed by atoms with E-state index in [1.165, 1.54) is 5.56 Å². The molecule has 0 aliphatic carbocycles. The van der Waals surface area contributed by atoms with E-state index >= 15 is 0 Å². The number of nitrogens with one attached hydrogen (secondary N) is 1. The molecule has 1 heterocycles. The summed E-state index contributed by atoms with van der Waals surface area (Å²) in [4.78, 5) is 2.16. The van der Waals surface area contributed by atoms with Gasteiger partial charge in [-0.05, 0) is 39.7 Å². The van der Waals surface area contributed by atoms with E-state index in [-0.39, 0.29) is 0 Å². The van der Waals surface area contributed by atoms with E-state index in [0.29, 0.717) is 6.61 Å². The molecule has 0 aliphatic heterocycles. The molecule has 0 saturated carbocycles. The third-order valence-corrected chi connectivity index (χ3v) is 2.53. The van der Waals surface area contributed by atoms with Crippen molar-refractivity contribution in [3.8, 4) is 0 Å². The Labute approximate surface area is 104 Å². The Morgan fingerprint density at radius 3 is 2.94 bits per heavy atom. The summed E-state index contributed by atoms with van der Waals surface area (Å²) >= 11 is 0. The molecule has 4 nitrogen and oxygen atoms in total. The molecule has 0 bridgehead atoms. The van der Waals surface area contributed by atoms with Gasteiger partial charge in [0.25, 0.3) is 0 Å². The lowest BCUT2D eigenvalue weighted by molar-refractivity contribution is 0.0986. The average molecular weight is 240 g/mol. The molecule has 0 saturated heterocycles. The smallest absolute Gasteiger partial charge is 0.133 e. The van der Waals surface area contributed by atoms with E-state index in [9.17, 15) is 0 Å². The van der Waals surface area contributed by atoms with Gasteiger partial charge in [0.2, 0.25) is 0 Å². The monoisotopic (exact) mass is 240 g/mol. The zero-order valence-corrected chi connectivity index (χ0v) is 11.2. The first-order valence-corrected chi connectivity index (χ1v) is 6.22. The number of hydrogen-bond donors (Lipinski definition) is 1. The highest BCUT2D eigenvalue weighted by atomic mass is 16.5. The highest BCUT2D eigenvalue weighted by molar-refractivity contribution is 5.15. The first-order valence-electron chi connectivity index (χ1n) is 6.22. The summed E-state index contributed by atoms with van der Waals surface area (Å²) in [5.74, 6) is 0.941. The van der Waals surface area contributed by atoms with Crippen LogP contribution in [0.3, 0.4) is 0 Å². The summed E-state index contributed by atoms with van der Waals surface area (Å²) in [6, 6.07) is 2.00. The van der Waals surface area contributed by atoms with Crippen molar-refractivity contribution in [2.75, 3.05) is 33.8 Å². The van der Waals surface area contributed by atoms with E-state index in [1.54, 1.807) is 6.26 Å². The average Bonchev–Trinajstić information content (AvgIpc) is 2.73. The second-order valence-electron chi connectivity index (χ2n) is 4.36. The normalized spacial score (nSPS) is 11.3. The lowest BCUT2D eigenvalue weighted by Gasteiger charge is -2.09. The molecule has 98 valence electrons. The second kappa shape index (κ2) is 8.28. The van der Waals surface area contributed by atoms with E-state index in [4.69, 9.17) is 9.15 Å². The van der Waals surface area contributed by atoms with Gasteiger partial charge in [-0.25, -0.2) is 0 Å². The zero-order valence-electron chi connectivity index (χ0n) is 11.2. The van der Waals surface area contributed by atoms with Gasteiger partial charge in [-0.1, -0.05) is 6.92 Å². The van der Waals surface area contributed by atoms with Gasteiger partial charge in [0, 0.05) is 18.7 Å². The molecule has 17 heavy (non-hydrogen) atoms. The first kappa shape index (κ1) is 14.2. The van der Waals surface area contributed by atoms with Crippen molar-refractivity contribution >= 4 is 0 Å². The predicted octanol–water partition coefficient (Wildman–Crippen LogP) is 1.86. The van der Waals surface area contributed by atoms with Gasteiger partial charge in [0.1, 0.15) is 12.4 Å². The minimum absolute atomic E-state index is 0.571. The molecular weight excluding hydrogens is 216 g/mol.